The lowest BCUT2D eigenvalue weighted by Gasteiger charge is -2.49. The van der Waals surface area contributed by atoms with E-state index in [-0.39, 0.29) is 18.2 Å². The minimum absolute atomic E-state index is 0.104. The number of nitrogens with zero attached hydrogens (tertiary/aromatic N) is 2. The summed E-state index contributed by atoms with van der Waals surface area (Å²) in [5, 5.41) is 4.48. The van der Waals surface area contributed by atoms with Gasteiger partial charge in [0.2, 0.25) is 11.8 Å². The molecule has 5 nitrogen and oxygen atoms in total. The minimum atomic E-state index is -0.880. The molecule has 0 spiro atoms. The van der Waals surface area contributed by atoms with Gasteiger partial charge >= 0.3 is 0 Å². The highest BCUT2D eigenvalue weighted by atomic mass is 35.5. The van der Waals surface area contributed by atoms with Crippen molar-refractivity contribution in [3.05, 3.63) is 71.4 Å². The van der Waals surface area contributed by atoms with E-state index in [1.807, 2.05) is 48.5 Å². The maximum atomic E-state index is 13.0. The molecule has 0 aliphatic carbocycles. The largest absolute Gasteiger partial charge is 0.328 e. The zero-order chi connectivity index (χ0) is 19.7. The molecule has 1 aliphatic heterocycles. The number of rotatable bonds is 4. The van der Waals surface area contributed by atoms with Gasteiger partial charge in [-0.15, -0.1) is 0 Å². The summed E-state index contributed by atoms with van der Waals surface area (Å²) in [5.74, 6) is -0.308. The molecule has 2 amide bonds. The molecule has 1 saturated heterocycles. The smallest absolute Gasteiger partial charge is 0.250 e. The molecule has 2 heterocycles. The quantitative estimate of drug-likeness (QED) is 0.727. The first-order valence-electron chi connectivity index (χ1n) is 9.18. The Balaban J connectivity index is 1.52. The third kappa shape index (κ3) is 3.22. The summed E-state index contributed by atoms with van der Waals surface area (Å²) in [7, 11) is 0. The Morgan fingerprint density at radius 3 is 2.68 bits per heavy atom. The number of carbonyl (C=O) groups excluding carboxylic acids is 2. The van der Waals surface area contributed by atoms with Crippen molar-refractivity contribution in [3.8, 4) is 0 Å². The van der Waals surface area contributed by atoms with Gasteiger partial charge in [0.15, 0.2) is 0 Å². The summed E-state index contributed by atoms with van der Waals surface area (Å²) in [6.07, 6.45) is 2.49. The van der Waals surface area contributed by atoms with Gasteiger partial charge in [-0.25, -0.2) is 0 Å². The molecule has 0 saturated carbocycles. The number of aromatic nitrogens is 1. The summed E-state index contributed by atoms with van der Waals surface area (Å²) in [5.41, 5.74) is 1.27. The molecule has 6 heteroatoms. The zero-order valence-corrected chi connectivity index (χ0v) is 16.2. The van der Waals surface area contributed by atoms with E-state index in [9.17, 15) is 9.59 Å². The SMILES string of the molecule is CC1(C(=O)Nc2cccc3cccnc23)CCN1C(=O)Cc1ccccc1Cl. The average Bonchev–Trinajstić information content (AvgIpc) is 2.68. The maximum Gasteiger partial charge on any atom is 0.250 e. The fraction of sp³-hybridized carbons (Fsp3) is 0.227. The lowest BCUT2D eigenvalue weighted by atomic mass is 9.84. The minimum Gasteiger partial charge on any atom is -0.328 e. The van der Waals surface area contributed by atoms with Crippen LogP contribution >= 0.6 is 11.6 Å². The highest BCUT2D eigenvalue weighted by molar-refractivity contribution is 6.31. The van der Waals surface area contributed by atoms with Crippen molar-refractivity contribution in [1.29, 1.82) is 0 Å². The van der Waals surface area contributed by atoms with E-state index in [4.69, 9.17) is 11.6 Å². The molecular weight excluding hydrogens is 374 g/mol. The number of amides is 2. The van der Waals surface area contributed by atoms with Crippen molar-refractivity contribution in [2.75, 3.05) is 11.9 Å². The molecule has 1 atom stereocenters. The molecule has 0 radical (unpaired) electrons. The van der Waals surface area contributed by atoms with Crippen molar-refractivity contribution in [2.45, 2.75) is 25.3 Å². The molecule has 1 fully saturated rings. The first-order chi connectivity index (χ1) is 13.5. The molecule has 0 bridgehead atoms. The number of pyridine rings is 1. The Hall–Kier alpha value is -2.92. The maximum absolute atomic E-state index is 13.0. The Kier molecular flexibility index (Phi) is 4.77. The third-order valence-electron chi connectivity index (χ3n) is 5.39. The van der Waals surface area contributed by atoms with E-state index in [2.05, 4.69) is 10.3 Å². The lowest BCUT2D eigenvalue weighted by molar-refractivity contribution is -0.154. The topological polar surface area (TPSA) is 62.3 Å². The van der Waals surface area contributed by atoms with Crippen LogP contribution in [0.1, 0.15) is 18.9 Å². The zero-order valence-electron chi connectivity index (χ0n) is 15.5. The molecule has 1 unspecified atom stereocenters. The van der Waals surface area contributed by atoms with Crippen LogP contribution in [0.15, 0.2) is 60.8 Å². The number of carbonyl (C=O) groups is 2. The van der Waals surface area contributed by atoms with Crippen molar-refractivity contribution < 1.29 is 9.59 Å². The van der Waals surface area contributed by atoms with Gasteiger partial charge in [-0.3, -0.25) is 14.6 Å². The number of para-hydroxylation sites is 1. The van der Waals surface area contributed by atoms with Crippen LogP contribution < -0.4 is 5.32 Å². The molecular formula is C22H20ClN3O2. The number of halogens is 1. The van der Waals surface area contributed by atoms with E-state index in [1.54, 1.807) is 24.1 Å². The monoisotopic (exact) mass is 393 g/mol. The van der Waals surface area contributed by atoms with E-state index in [0.29, 0.717) is 23.7 Å². The predicted octanol–water partition coefficient (Wildman–Crippen LogP) is 4.06. The molecule has 1 aliphatic rings. The van der Waals surface area contributed by atoms with Crippen LogP contribution in [0.25, 0.3) is 10.9 Å². The number of benzene rings is 2. The number of nitrogens with one attached hydrogen (secondary N) is 1. The Morgan fingerprint density at radius 1 is 1.14 bits per heavy atom. The van der Waals surface area contributed by atoms with Gasteiger partial charge in [0, 0.05) is 23.2 Å². The molecule has 2 aromatic carbocycles. The van der Waals surface area contributed by atoms with Gasteiger partial charge in [-0.1, -0.05) is 48.0 Å². The van der Waals surface area contributed by atoms with Crippen LogP contribution in [0.3, 0.4) is 0 Å². The molecule has 3 aromatic rings. The average molecular weight is 394 g/mol. The fourth-order valence-corrected chi connectivity index (χ4v) is 3.76. The highest BCUT2D eigenvalue weighted by Gasteiger charge is 2.49. The Bertz CT molecular complexity index is 1060. The molecule has 1 N–H and O–H groups in total. The van der Waals surface area contributed by atoms with E-state index >= 15 is 0 Å². The summed E-state index contributed by atoms with van der Waals surface area (Å²) < 4.78 is 0. The first-order valence-corrected chi connectivity index (χ1v) is 9.56. The van der Waals surface area contributed by atoms with E-state index in [1.165, 1.54) is 0 Å². The normalized spacial score (nSPS) is 18.6. The highest BCUT2D eigenvalue weighted by Crippen LogP contribution is 2.33. The van der Waals surface area contributed by atoms with Crippen LogP contribution in [0, 0.1) is 0 Å². The van der Waals surface area contributed by atoms with Gasteiger partial charge in [-0.2, -0.15) is 0 Å². The molecule has 4 rings (SSSR count). The van der Waals surface area contributed by atoms with Crippen molar-refractivity contribution in [3.63, 3.8) is 0 Å². The van der Waals surface area contributed by atoms with Gasteiger partial charge in [-0.05, 0) is 37.1 Å². The predicted molar refractivity (Wildman–Crippen MR) is 110 cm³/mol. The van der Waals surface area contributed by atoms with Crippen molar-refractivity contribution >= 4 is 40.0 Å². The van der Waals surface area contributed by atoms with Crippen LogP contribution in [0.5, 0.6) is 0 Å². The summed E-state index contributed by atoms with van der Waals surface area (Å²) in [6.45, 7) is 2.36. The van der Waals surface area contributed by atoms with Crippen LogP contribution in [-0.2, 0) is 16.0 Å². The van der Waals surface area contributed by atoms with E-state index in [0.717, 1.165) is 16.5 Å². The summed E-state index contributed by atoms with van der Waals surface area (Å²) in [4.78, 5) is 31.8. The fourth-order valence-electron chi connectivity index (χ4n) is 3.56. The molecule has 28 heavy (non-hydrogen) atoms. The van der Waals surface area contributed by atoms with Gasteiger partial charge in [0.05, 0.1) is 17.6 Å². The lowest BCUT2D eigenvalue weighted by Crippen LogP contribution is -2.66. The van der Waals surface area contributed by atoms with Crippen molar-refractivity contribution in [1.82, 2.24) is 9.88 Å². The van der Waals surface area contributed by atoms with E-state index < -0.39 is 5.54 Å². The first kappa shape index (κ1) is 18.4. The Labute approximate surface area is 168 Å². The van der Waals surface area contributed by atoms with Gasteiger partial charge < -0.3 is 10.2 Å². The number of fused-ring (bicyclic) bond motifs is 1. The number of anilines is 1. The molecule has 142 valence electrons. The van der Waals surface area contributed by atoms with Gasteiger partial charge in [0.25, 0.3) is 0 Å². The molecule has 1 aromatic heterocycles. The van der Waals surface area contributed by atoms with Crippen LogP contribution in [0.4, 0.5) is 5.69 Å². The Morgan fingerprint density at radius 2 is 1.93 bits per heavy atom. The third-order valence-corrected chi connectivity index (χ3v) is 5.76. The number of likely N-dealkylation sites (tertiary alicyclic amines) is 1. The van der Waals surface area contributed by atoms with Crippen LogP contribution in [-0.4, -0.2) is 33.8 Å². The second-order valence-corrected chi connectivity index (χ2v) is 7.58. The van der Waals surface area contributed by atoms with Gasteiger partial charge in [0.1, 0.15) is 5.54 Å². The number of hydrogen-bond donors (Lipinski definition) is 1. The summed E-state index contributed by atoms with van der Waals surface area (Å²) in [6, 6.07) is 16.7. The second-order valence-electron chi connectivity index (χ2n) is 7.17. The van der Waals surface area contributed by atoms with Crippen molar-refractivity contribution in [2.24, 2.45) is 0 Å². The standard InChI is InChI=1S/C22H20ClN3O2/c1-22(11-13-26(22)19(27)14-16-6-2-3-9-17(16)23)21(28)25-18-10-4-7-15-8-5-12-24-20(15)18/h2-10,12H,11,13-14H2,1H3,(H,25,28). The summed E-state index contributed by atoms with van der Waals surface area (Å²) >= 11 is 6.17. The van der Waals surface area contributed by atoms with Crippen LogP contribution in [0.2, 0.25) is 5.02 Å². The second kappa shape index (κ2) is 7.24. The number of hydrogen-bond acceptors (Lipinski definition) is 3.